The van der Waals surface area contributed by atoms with Gasteiger partial charge in [0.2, 0.25) is 5.91 Å². The van der Waals surface area contributed by atoms with Crippen LogP contribution in [-0.4, -0.2) is 36.3 Å². The van der Waals surface area contributed by atoms with Crippen LogP contribution in [0.4, 0.5) is 5.69 Å². The Bertz CT molecular complexity index is 686. The Kier molecular flexibility index (Phi) is 6.01. The van der Waals surface area contributed by atoms with Gasteiger partial charge >= 0.3 is 0 Å². The number of hydrogen-bond acceptors (Lipinski definition) is 3. The first kappa shape index (κ1) is 18.0. The van der Waals surface area contributed by atoms with Gasteiger partial charge in [0.25, 0.3) is 0 Å². The molecule has 0 aliphatic rings. The van der Waals surface area contributed by atoms with Crippen LogP contribution in [0.25, 0.3) is 0 Å². The van der Waals surface area contributed by atoms with Crippen molar-refractivity contribution in [1.29, 1.82) is 0 Å². The van der Waals surface area contributed by atoms with Gasteiger partial charge in [-0.1, -0.05) is 19.1 Å². The van der Waals surface area contributed by atoms with E-state index in [-0.39, 0.29) is 5.91 Å². The van der Waals surface area contributed by atoms with Crippen molar-refractivity contribution in [3.05, 3.63) is 46.8 Å². The molecule has 0 atom stereocenters. The molecule has 0 bridgehead atoms. The number of nitrogens with zero attached hydrogens (tertiary/aromatic N) is 3. The molecule has 1 aromatic heterocycles. The SMILES string of the molecule is CCc1c(C)nn(CCNC(=O)Cc2ccc(N(C)C)cc2)c1C. The molecule has 0 spiro atoms. The van der Waals surface area contributed by atoms with Gasteiger partial charge in [-0.2, -0.15) is 5.10 Å². The summed E-state index contributed by atoms with van der Waals surface area (Å²) in [7, 11) is 4.01. The van der Waals surface area contributed by atoms with Crippen LogP contribution in [0.2, 0.25) is 0 Å². The summed E-state index contributed by atoms with van der Waals surface area (Å²) in [4.78, 5) is 14.1. The molecule has 24 heavy (non-hydrogen) atoms. The zero-order chi connectivity index (χ0) is 17.7. The van der Waals surface area contributed by atoms with Crippen LogP contribution in [0.5, 0.6) is 0 Å². The zero-order valence-electron chi connectivity index (χ0n) is 15.4. The van der Waals surface area contributed by atoms with E-state index in [1.165, 1.54) is 11.3 Å². The summed E-state index contributed by atoms with van der Waals surface area (Å²) in [6.45, 7) is 7.58. The number of aryl methyl sites for hydroxylation is 1. The largest absolute Gasteiger partial charge is 0.378 e. The fourth-order valence-electron chi connectivity index (χ4n) is 2.92. The highest BCUT2D eigenvalue weighted by Gasteiger charge is 2.10. The quantitative estimate of drug-likeness (QED) is 0.849. The number of aromatic nitrogens is 2. The molecule has 1 heterocycles. The average Bonchev–Trinajstić information content (AvgIpc) is 2.81. The summed E-state index contributed by atoms with van der Waals surface area (Å²) < 4.78 is 1.99. The Morgan fingerprint density at radius 1 is 1.21 bits per heavy atom. The Hall–Kier alpha value is -2.30. The van der Waals surface area contributed by atoms with Gasteiger partial charge in [-0.25, -0.2) is 0 Å². The molecule has 130 valence electrons. The third kappa shape index (κ3) is 4.37. The smallest absolute Gasteiger partial charge is 0.224 e. The first-order valence-electron chi connectivity index (χ1n) is 8.48. The van der Waals surface area contributed by atoms with E-state index in [0.717, 1.165) is 23.4 Å². The lowest BCUT2D eigenvalue weighted by molar-refractivity contribution is -0.120. The van der Waals surface area contributed by atoms with E-state index in [2.05, 4.69) is 24.3 Å². The summed E-state index contributed by atoms with van der Waals surface area (Å²) in [5.41, 5.74) is 5.75. The van der Waals surface area contributed by atoms with Crippen molar-refractivity contribution in [3.63, 3.8) is 0 Å². The van der Waals surface area contributed by atoms with Gasteiger partial charge in [-0.15, -0.1) is 0 Å². The van der Waals surface area contributed by atoms with E-state index < -0.39 is 0 Å². The van der Waals surface area contributed by atoms with Crippen molar-refractivity contribution in [2.75, 3.05) is 25.5 Å². The minimum Gasteiger partial charge on any atom is -0.378 e. The molecule has 2 aromatic rings. The Morgan fingerprint density at radius 2 is 1.88 bits per heavy atom. The number of carbonyl (C=O) groups excluding carboxylic acids is 1. The molecular formula is C19H28N4O. The van der Waals surface area contributed by atoms with Gasteiger partial charge < -0.3 is 10.2 Å². The monoisotopic (exact) mass is 328 g/mol. The normalized spacial score (nSPS) is 10.7. The molecule has 0 aliphatic carbocycles. The Morgan fingerprint density at radius 3 is 2.42 bits per heavy atom. The molecule has 0 fully saturated rings. The summed E-state index contributed by atoms with van der Waals surface area (Å²) in [6.07, 6.45) is 1.40. The van der Waals surface area contributed by atoms with E-state index >= 15 is 0 Å². The lowest BCUT2D eigenvalue weighted by Gasteiger charge is -2.12. The molecule has 1 aromatic carbocycles. The second-order valence-electron chi connectivity index (χ2n) is 6.31. The molecule has 1 amide bonds. The lowest BCUT2D eigenvalue weighted by Crippen LogP contribution is -2.29. The molecule has 2 rings (SSSR count). The number of benzene rings is 1. The number of amides is 1. The molecule has 0 saturated heterocycles. The molecule has 0 aliphatic heterocycles. The minimum absolute atomic E-state index is 0.0462. The molecular weight excluding hydrogens is 300 g/mol. The van der Waals surface area contributed by atoms with Crippen LogP contribution in [0.1, 0.15) is 29.4 Å². The van der Waals surface area contributed by atoms with E-state index in [9.17, 15) is 4.79 Å². The standard InChI is InChI=1S/C19H28N4O/c1-6-18-14(2)21-23(15(18)3)12-11-20-19(24)13-16-7-9-17(10-8-16)22(4)5/h7-10H,6,11-13H2,1-5H3,(H,20,24). The summed E-state index contributed by atoms with van der Waals surface area (Å²) in [5, 5.41) is 7.53. The molecule has 5 heteroatoms. The molecule has 0 unspecified atom stereocenters. The topological polar surface area (TPSA) is 50.2 Å². The van der Waals surface area contributed by atoms with Crippen molar-refractivity contribution in [2.45, 2.75) is 40.2 Å². The van der Waals surface area contributed by atoms with Crippen LogP contribution in [0, 0.1) is 13.8 Å². The van der Waals surface area contributed by atoms with Crippen molar-refractivity contribution in [3.8, 4) is 0 Å². The average molecular weight is 328 g/mol. The van der Waals surface area contributed by atoms with Gasteiger partial charge in [0.05, 0.1) is 18.7 Å². The van der Waals surface area contributed by atoms with Crippen molar-refractivity contribution >= 4 is 11.6 Å². The highest BCUT2D eigenvalue weighted by Crippen LogP contribution is 2.13. The van der Waals surface area contributed by atoms with Gasteiger partial charge in [0, 0.05) is 32.0 Å². The summed E-state index contributed by atoms with van der Waals surface area (Å²) in [6, 6.07) is 8.07. The highest BCUT2D eigenvalue weighted by atomic mass is 16.1. The van der Waals surface area contributed by atoms with Gasteiger partial charge in [0.15, 0.2) is 0 Å². The second-order valence-corrected chi connectivity index (χ2v) is 6.31. The summed E-state index contributed by atoms with van der Waals surface area (Å²) in [5.74, 6) is 0.0462. The number of nitrogens with one attached hydrogen (secondary N) is 1. The second kappa shape index (κ2) is 7.99. The van der Waals surface area contributed by atoms with Crippen LogP contribution < -0.4 is 10.2 Å². The first-order chi connectivity index (χ1) is 11.4. The van der Waals surface area contributed by atoms with E-state index in [1.54, 1.807) is 0 Å². The van der Waals surface area contributed by atoms with E-state index in [0.29, 0.717) is 19.5 Å². The predicted octanol–water partition coefficient (Wildman–Crippen LogP) is 2.49. The van der Waals surface area contributed by atoms with E-state index in [1.807, 2.05) is 54.9 Å². The van der Waals surface area contributed by atoms with Gasteiger partial charge in [-0.05, 0) is 43.5 Å². The van der Waals surface area contributed by atoms with Crippen LogP contribution in [0.15, 0.2) is 24.3 Å². The van der Waals surface area contributed by atoms with E-state index in [4.69, 9.17) is 0 Å². The predicted molar refractivity (Wildman–Crippen MR) is 98.6 cm³/mol. The maximum Gasteiger partial charge on any atom is 0.224 e. The van der Waals surface area contributed by atoms with Crippen LogP contribution >= 0.6 is 0 Å². The van der Waals surface area contributed by atoms with Crippen molar-refractivity contribution in [2.24, 2.45) is 0 Å². The fraction of sp³-hybridized carbons (Fsp3) is 0.474. The van der Waals surface area contributed by atoms with Crippen molar-refractivity contribution in [1.82, 2.24) is 15.1 Å². The molecule has 0 saturated carbocycles. The van der Waals surface area contributed by atoms with Crippen LogP contribution in [0.3, 0.4) is 0 Å². The third-order valence-corrected chi connectivity index (χ3v) is 4.35. The fourth-order valence-corrected chi connectivity index (χ4v) is 2.92. The zero-order valence-corrected chi connectivity index (χ0v) is 15.4. The Labute approximate surface area is 144 Å². The first-order valence-corrected chi connectivity index (χ1v) is 8.48. The minimum atomic E-state index is 0.0462. The summed E-state index contributed by atoms with van der Waals surface area (Å²) >= 11 is 0. The maximum absolute atomic E-state index is 12.1. The van der Waals surface area contributed by atoms with Gasteiger partial charge in [-0.3, -0.25) is 9.48 Å². The number of carbonyl (C=O) groups is 1. The number of hydrogen-bond donors (Lipinski definition) is 1. The van der Waals surface area contributed by atoms with Crippen LogP contribution in [-0.2, 0) is 24.2 Å². The molecule has 0 radical (unpaired) electrons. The maximum atomic E-state index is 12.1. The number of anilines is 1. The van der Waals surface area contributed by atoms with Gasteiger partial charge in [0.1, 0.15) is 0 Å². The Balaban J connectivity index is 1.83. The molecule has 1 N–H and O–H groups in total. The third-order valence-electron chi connectivity index (χ3n) is 4.35. The molecule has 5 nitrogen and oxygen atoms in total. The number of rotatable bonds is 7. The van der Waals surface area contributed by atoms with Crippen molar-refractivity contribution < 1.29 is 4.79 Å². The lowest BCUT2D eigenvalue weighted by atomic mass is 10.1. The highest BCUT2D eigenvalue weighted by molar-refractivity contribution is 5.78.